The molecule has 1 heterocycles. The van der Waals surface area contributed by atoms with E-state index in [1.165, 1.54) is 19.3 Å². The molecule has 1 aromatic heterocycles. The maximum atomic E-state index is 4.42. The first-order chi connectivity index (χ1) is 8.27. The zero-order valence-corrected chi connectivity index (χ0v) is 10.9. The summed E-state index contributed by atoms with van der Waals surface area (Å²) in [5, 5.41) is 3.31. The van der Waals surface area contributed by atoms with Crippen LogP contribution in [0.15, 0.2) is 25.0 Å². The van der Waals surface area contributed by atoms with Crippen LogP contribution >= 0.6 is 0 Å². The van der Waals surface area contributed by atoms with Gasteiger partial charge < -0.3 is 5.32 Å². The van der Waals surface area contributed by atoms with Gasteiger partial charge in [-0.3, -0.25) is 9.97 Å². The smallest absolute Gasteiger partial charge is 0.0756 e. The van der Waals surface area contributed by atoms with Gasteiger partial charge in [-0.15, -0.1) is 6.58 Å². The second-order valence-corrected chi connectivity index (χ2v) is 4.35. The Hall–Kier alpha value is -1.22. The first-order valence-electron chi connectivity index (χ1n) is 6.34. The largest absolute Gasteiger partial charge is 0.312 e. The molecule has 0 spiro atoms. The summed E-state index contributed by atoms with van der Waals surface area (Å²) < 4.78 is 0. The summed E-state index contributed by atoms with van der Waals surface area (Å²) >= 11 is 0. The van der Waals surface area contributed by atoms with Gasteiger partial charge in [-0.25, -0.2) is 0 Å². The number of nitrogens with one attached hydrogen (secondary N) is 1. The number of aromatic nitrogens is 2. The van der Waals surface area contributed by atoms with Gasteiger partial charge in [0, 0.05) is 6.20 Å². The highest BCUT2D eigenvalue weighted by molar-refractivity contribution is 5.05. The number of nitrogens with zero attached hydrogens (tertiary/aromatic N) is 2. The fourth-order valence-corrected chi connectivity index (χ4v) is 1.84. The molecule has 94 valence electrons. The van der Waals surface area contributed by atoms with E-state index in [1.54, 1.807) is 0 Å². The van der Waals surface area contributed by atoms with Gasteiger partial charge in [0.1, 0.15) is 0 Å². The zero-order valence-electron chi connectivity index (χ0n) is 10.9. The first kappa shape index (κ1) is 13.8. The minimum Gasteiger partial charge on any atom is -0.312 e. The van der Waals surface area contributed by atoms with E-state index in [-0.39, 0.29) is 0 Å². The summed E-state index contributed by atoms with van der Waals surface area (Å²) in [7, 11) is 1.98. The monoisotopic (exact) mass is 233 g/mol. The molecule has 0 saturated carbocycles. The van der Waals surface area contributed by atoms with E-state index >= 15 is 0 Å². The van der Waals surface area contributed by atoms with Crippen LogP contribution < -0.4 is 5.32 Å². The molecular formula is C14H23N3. The third kappa shape index (κ3) is 5.09. The molecule has 1 rings (SSSR count). The van der Waals surface area contributed by atoms with E-state index < -0.39 is 0 Å². The molecule has 0 radical (unpaired) electrons. The Kier molecular flexibility index (Phi) is 6.48. The van der Waals surface area contributed by atoms with E-state index in [9.17, 15) is 0 Å². The molecule has 0 aliphatic heterocycles. The fourth-order valence-electron chi connectivity index (χ4n) is 1.84. The Morgan fingerprint density at radius 2 is 2.12 bits per heavy atom. The van der Waals surface area contributed by atoms with Gasteiger partial charge in [-0.05, 0) is 33.2 Å². The molecule has 0 fully saturated rings. The number of aryl methyl sites for hydroxylation is 1. The topological polar surface area (TPSA) is 37.8 Å². The number of allylic oxidation sites excluding steroid dienone is 1. The van der Waals surface area contributed by atoms with Crippen LogP contribution in [0.5, 0.6) is 0 Å². The highest BCUT2D eigenvalue weighted by Gasteiger charge is 2.10. The molecule has 1 aromatic rings. The average molecular weight is 233 g/mol. The molecule has 0 aliphatic carbocycles. The maximum absolute atomic E-state index is 4.42. The average Bonchev–Trinajstić information content (AvgIpc) is 2.35. The predicted octanol–water partition coefficient (Wildman–Crippen LogP) is 3.18. The Balaban J connectivity index is 2.37. The SMILES string of the molecule is C=CCCCCCC(NC)c1cnc(C)cn1. The van der Waals surface area contributed by atoms with E-state index in [4.69, 9.17) is 0 Å². The van der Waals surface area contributed by atoms with E-state index in [0.29, 0.717) is 6.04 Å². The lowest BCUT2D eigenvalue weighted by Crippen LogP contribution is -2.17. The van der Waals surface area contributed by atoms with Crippen LogP contribution in [0, 0.1) is 6.92 Å². The number of hydrogen-bond donors (Lipinski definition) is 1. The fraction of sp³-hybridized carbons (Fsp3) is 0.571. The second kappa shape index (κ2) is 7.96. The van der Waals surface area contributed by atoms with Crippen molar-refractivity contribution in [2.45, 2.75) is 45.1 Å². The van der Waals surface area contributed by atoms with E-state index in [1.807, 2.05) is 32.4 Å². The normalized spacial score (nSPS) is 12.4. The Bertz CT molecular complexity index is 319. The van der Waals surface area contributed by atoms with Crippen LogP contribution in [-0.2, 0) is 0 Å². The summed E-state index contributed by atoms with van der Waals surface area (Å²) in [4.78, 5) is 8.71. The molecule has 3 nitrogen and oxygen atoms in total. The molecule has 17 heavy (non-hydrogen) atoms. The zero-order chi connectivity index (χ0) is 12.5. The standard InChI is InChI=1S/C14H23N3/c1-4-5-6-7-8-9-13(15-3)14-11-16-12(2)10-17-14/h4,10-11,13,15H,1,5-9H2,2-3H3. The lowest BCUT2D eigenvalue weighted by molar-refractivity contribution is 0.496. The highest BCUT2D eigenvalue weighted by atomic mass is 14.9. The molecule has 0 aliphatic rings. The maximum Gasteiger partial charge on any atom is 0.0756 e. The lowest BCUT2D eigenvalue weighted by Gasteiger charge is -2.15. The Morgan fingerprint density at radius 3 is 2.71 bits per heavy atom. The molecule has 3 heteroatoms. The van der Waals surface area contributed by atoms with Gasteiger partial charge in [-0.2, -0.15) is 0 Å². The molecule has 0 bridgehead atoms. The van der Waals surface area contributed by atoms with Crippen molar-refractivity contribution in [2.24, 2.45) is 0 Å². The number of hydrogen-bond acceptors (Lipinski definition) is 3. The molecule has 0 saturated heterocycles. The van der Waals surface area contributed by atoms with Crippen LogP contribution in [-0.4, -0.2) is 17.0 Å². The van der Waals surface area contributed by atoms with Crippen molar-refractivity contribution >= 4 is 0 Å². The third-order valence-electron chi connectivity index (χ3n) is 2.91. The molecule has 1 N–H and O–H groups in total. The predicted molar refractivity (Wildman–Crippen MR) is 71.9 cm³/mol. The van der Waals surface area contributed by atoms with Crippen LogP contribution in [0.1, 0.15) is 49.5 Å². The highest BCUT2D eigenvalue weighted by Crippen LogP contribution is 2.17. The summed E-state index contributed by atoms with van der Waals surface area (Å²) in [5.74, 6) is 0. The number of unbranched alkanes of at least 4 members (excludes halogenated alkanes) is 3. The van der Waals surface area contributed by atoms with Gasteiger partial charge in [-0.1, -0.05) is 18.9 Å². The molecular weight excluding hydrogens is 210 g/mol. The van der Waals surface area contributed by atoms with Crippen molar-refractivity contribution in [1.29, 1.82) is 0 Å². The Morgan fingerprint density at radius 1 is 1.29 bits per heavy atom. The van der Waals surface area contributed by atoms with Crippen molar-refractivity contribution < 1.29 is 0 Å². The minimum atomic E-state index is 0.326. The lowest BCUT2D eigenvalue weighted by atomic mass is 10.0. The van der Waals surface area contributed by atoms with Crippen LogP contribution in [0.25, 0.3) is 0 Å². The van der Waals surface area contributed by atoms with Crippen molar-refractivity contribution in [3.8, 4) is 0 Å². The van der Waals surface area contributed by atoms with Crippen LogP contribution in [0.2, 0.25) is 0 Å². The molecule has 1 unspecified atom stereocenters. The van der Waals surface area contributed by atoms with E-state index in [2.05, 4.69) is 21.9 Å². The molecule has 0 aromatic carbocycles. The van der Waals surface area contributed by atoms with Gasteiger partial charge in [0.05, 0.1) is 23.6 Å². The van der Waals surface area contributed by atoms with Gasteiger partial charge in [0.15, 0.2) is 0 Å². The van der Waals surface area contributed by atoms with Crippen molar-refractivity contribution in [3.05, 3.63) is 36.4 Å². The molecule has 0 amide bonds. The summed E-state index contributed by atoms with van der Waals surface area (Å²) in [6.45, 7) is 5.69. The minimum absolute atomic E-state index is 0.326. The summed E-state index contributed by atoms with van der Waals surface area (Å²) in [6, 6.07) is 0.326. The van der Waals surface area contributed by atoms with Crippen molar-refractivity contribution in [3.63, 3.8) is 0 Å². The third-order valence-corrected chi connectivity index (χ3v) is 2.91. The van der Waals surface area contributed by atoms with Crippen molar-refractivity contribution in [1.82, 2.24) is 15.3 Å². The Labute approximate surface area is 104 Å². The first-order valence-corrected chi connectivity index (χ1v) is 6.34. The van der Waals surface area contributed by atoms with Gasteiger partial charge >= 0.3 is 0 Å². The summed E-state index contributed by atoms with van der Waals surface area (Å²) in [5.41, 5.74) is 2.01. The van der Waals surface area contributed by atoms with Crippen LogP contribution in [0.4, 0.5) is 0 Å². The summed E-state index contributed by atoms with van der Waals surface area (Å²) in [6.07, 6.45) is 11.6. The quantitative estimate of drug-likeness (QED) is 0.553. The van der Waals surface area contributed by atoms with Crippen molar-refractivity contribution in [2.75, 3.05) is 7.05 Å². The van der Waals surface area contributed by atoms with E-state index in [0.717, 1.165) is 24.2 Å². The second-order valence-electron chi connectivity index (χ2n) is 4.35. The van der Waals surface area contributed by atoms with Crippen LogP contribution in [0.3, 0.4) is 0 Å². The molecule has 1 atom stereocenters. The van der Waals surface area contributed by atoms with Gasteiger partial charge in [0.2, 0.25) is 0 Å². The number of rotatable bonds is 8. The van der Waals surface area contributed by atoms with Gasteiger partial charge in [0.25, 0.3) is 0 Å².